The van der Waals surface area contributed by atoms with Crippen molar-refractivity contribution >= 4 is 23.7 Å². The summed E-state index contributed by atoms with van der Waals surface area (Å²) in [6.45, 7) is 5.01. The third kappa shape index (κ3) is 3.38. The van der Waals surface area contributed by atoms with Gasteiger partial charge in [-0.3, -0.25) is 14.3 Å². The van der Waals surface area contributed by atoms with Crippen LogP contribution in [0.15, 0.2) is 5.16 Å². The number of nitrogens with two attached hydrogens (primary N) is 1. The number of aliphatic carboxylic acids is 1. The zero-order valence-electron chi connectivity index (χ0n) is 10.9. The van der Waals surface area contributed by atoms with Crippen LogP contribution in [0.25, 0.3) is 0 Å². The van der Waals surface area contributed by atoms with Gasteiger partial charge < -0.3 is 10.8 Å². The maximum absolute atomic E-state index is 10.6. The molecule has 19 heavy (non-hydrogen) atoms. The molecule has 1 aliphatic heterocycles. The van der Waals surface area contributed by atoms with Gasteiger partial charge in [0.1, 0.15) is 0 Å². The summed E-state index contributed by atoms with van der Waals surface area (Å²) in [7, 11) is 0. The first-order valence-electron chi connectivity index (χ1n) is 6.39. The van der Waals surface area contributed by atoms with E-state index in [1.807, 2.05) is 4.57 Å². The van der Waals surface area contributed by atoms with E-state index in [-0.39, 0.29) is 5.75 Å². The number of carboxylic acids is 1. The highest BCUT2D eigenvalue weighted by atomic mass is 32.2. The molecule has 0 aliphatic carbocycles. The second kappa shape index (κ2) is 6.25. The molecule has 106 valence electrons. The summed E-state index contributed by atoms with van der Waals surface area (Å²) in [6.07, 6.45) is 2.33. The molecule has 1 atom stereocenters. The first-order valence-corrected chi connectivity index (χ1v) is 7.37. The fourth-order valence-corrected chi connectivity index (χ4v) is 3.11. The summed E-state index contributed by atoms with van der Waals surface area (Å²) < 4.78 is 1.83. The van der Waals surface area contributed by atoms with Crippen LogP contribution in [0.5, 0.6) is 0 Å². The lowest BCUT2D eigenvalue weighted by molar-refractivity contribution is -0.133. The van der Waals surface area contributed by atoms with Gasteiger partial charge in [0.05, 0.1) is 5.75 Å². The van der Waals surface area contributed by atoms with Crippen LogP contribution in [0.4, 0.5) is 5.95 Å². The van der Waals surface area contributed by atoms with Crippen molar-refractivity contribution in [3.05, 3.63) is 0 Å². The van der Waals surface area contributed by atoms with Gasteiger partial charge in [0.25, 0.3) is 0 Å². The normalized spacial score (nSPS) is 19.9. The fourth-order valence-electron chi connectivity index (χ4n) is 2.43. The number of likely N-dealkylation sites (N-methyl/N-ethyl adjacent to an activating group) is 1. The van der Waals surface area contributed by atoms with E-state index in [0.29, 0.717) is 17.1 Å². The number of nitrogen functional groups attached to an aromatic ring is 1. The Morgan fingerprint density at radius 3 is 3.05 bits per heavy atom. The SMILES string of the molecule is CCN1CCCC1Cn1c(N)nnc1SCC(=O)O. The number of nitrogens with zero attached hydrogens (tertiary/aromatic N) is 4. The first-order chi connectivity index (χ1) is 9.11. The monoisotopic (exact) mass is 285 g/mol. The Morgan fingerprint density at radius 1 is 1.58 bits per heavy atom. The van der Waals surface area contributed by atoms with Crippen molar-refractivity contribution in [2.24, 2.45) is 0 Å². The highest BCUT2D eigenvalue weighted by molar-refractivity contribution is 7.99. The van der Waals surface area contributed by atoms with Crippen molar-refractivity contribution in [1.29, 1.82) is 0 Å². The van der Waals surface area contributed by atoms with Crippen molar-refractivity contribution < 1.29 is 9.90 Å². The highest BCUT2D eigenvalue weighted by Crippen LogP contribution is 2.23. The van der Waals surface area contributed by atoms with E-state index in [1.54, 1.807) is 0 Å². The Balaban J connectivity index is 2.06. The first kappa shape index (κ1) is 14.1. The summed E-state index contributed by atoms with van der Waals surface area (Å²) in [5.74, 6) is -0.537. The number of carbonyl (C=O) groups is 1. The molecule has 1 aromatic rings. The van der Waals surface area contributed by atoms with Crippen molar-refractivity contribution in [1.82, 2.24) is 19.7 Å². The van der Waals surface area contributed by atoms with Gasteiger partial charge in [-0.2, -0.15) is 0 Å². The van der Waals surface area contributed by atoms with Gasteiger partial charge in [0.15, 0.2) is 5.16 Å². The number of aromatic nitrogens is 3. The van der Waals surface area contributed by atoms with Gasteiger partial charge in [-0.1, -0.05) is 18.7 Å². The minimum absolute atomic E-state index is 0.0275. The molecule has 0 amide bonds. The van der Waals surface area contributed by atoms with Gasteiger partial charge in [0, 0.05) is 12.6 Å². The minimum atomic E-state index is -0.867. The van der Waals surface area contributed by atoms with E-state index in [9.17, 15) is 4.79 Å². The van der Waals surface area contributed by atoms with E-state index in [1.165, 1.54) is 6.42 Å². The average Bonchev–Trinajstić information content (AvgIpc) is 2.96. The molecule has 7 nitrogen and oxygen atoms in total. The Morgan fingerprint density at radius 2 is 2.37 bits per heavy atom. The predicted octanol–water partition coefficient (Wildman–Crippen LogP) is 0.521. The topological polar surface area (TPSA) is 97.3 Å². The third-order valence-corrected chi connectivity index (χ3v) is 4.32. The molecule has 0 bridgehead atoms. The largest absolute Gasteiger partial charge is 0.481 e. The summed E-state index contributed by atoms with van der Waals surface area (Å²) in [6, 6.07) is 0.437. The van der Waals surface area contributed by atoms with E-state index >= 15 is 0 Å². The molecule has 2 heterocycles. The summed E-state index contributed by atoms with van der Waals surface area (Å²) >= 11 is 1.16. The smallest absolute Gasteiger partial charge is 0.313 e. The Labute approximate surface area is 116 Å². The van der Waals surface area contributed by atoms with Crippen LogP contribution < -0.4 is 5.73 Å². The Hall–Kier alpha value is -1.28. The molecule has 8 heteroatoms. The molecule has 0 saturated carbocycles. The average molecular weight is 285 g/mol. The molecule has 1 saturated heterocycles. The molecule has 1 fully saturated rings. The number of rotatable bonds is 6. The van der Waals surface area contributed by atoms with Crippen molar-refractivity contribution in [2.45, 2.75) is 37.5 Å². The van der Waals surface area contributed by atoms with Crippen molar-refractivity contribution in [3.63, 3.8) is 0 Å². The van der Waals surface area contributed by atoms with Crippen LogP contribution in [0, 0.1) is 0 Å². The van der Waals surface area contributed by atoms with Gasteiger partial charge in [-0.15, -0.1) is 10.2 Å². The number of hydrogen-bond acceptors (Lipinski definition) is 6. The molecule has 2 rings (SSSR count). The maximum atomic E-state index is 10.6. The van der Waals surface area contributed by atoms with Crippen LogP contribution in [-0.2, 0) is 11.3 Å². The molecular weight excluding hydrogens is 266 g/mol. The zero-order chi connectivity index (χ0) is 13.8. The lowest BCUT2D eigenvalue weighted by Gasteiger charge is -2.23. The van der Waals surface area contributed by atoms with Crippen LogP contribution in [0.3, 0.4) is 0 Å². The van der Waals surface area contributed by atoms with E-state index in [4.69, 9.17) is 10.8 Å². The van der Waals surface area contributed by atoms with Crippen molar-refractivity contribution in [2.75, 3.05) is 24.6 Å². The van der Waals surface area contributed by atoms with Gasteiger partial charge >= 0.3 is 5.97 Å². The second-order valence-corrected chi connectivity index (χ2v) is 5.50. The van der Waals surface area contributed by atoms with Gasteiger partial charge in [-0.25, -0.2) is 0 Å². The fraction of sp³-hybridized carbons (Fsp3) is 0.727. The number of thioether (sulfide) groups is 1. The lowest BCUT2D eigenvalue weighted by atomic mass is 10.2. The highest BCUT2D eigenvalue weighted by Gasteiger charge is 2.25. The number of carboxylic acid groups (broad SMARTS) is 1. The van der Waals surface area contributed by atoms with Crippen LogP contribution in [0.1, 0.15) is 19.8 Å². The van der Waals surface area contributed by atoms with Crippen LogP contribution in [-0.4, -0.2) is 55.6 Å². The molecule has 3 N–H and O–H groups in total. The summed E-state index contributed by atoms with van der Waals surface area (Å²) in [5.41, 5.74) is 5.82. The zero-order valence-corrected chi connectivity index (χ0v) is 11.8. The second-order valence-electron chi connectivity index (χ2n) is 4.56. The molecule has 1 aliphatic rings. The lowest BCUT2D eigenvalue weighted by Crippen LogP contribution is -2.33. The minimum Gasteiger partial charge on any atom is -0.481 e. The summed E-state index contributed by atoms with van der Waals surface area (Å²) in [4.78, 5) is 13.0. The molecule has 1 unspecified atom stereocenters. The molecule has 1 aromatic heterocycles. The Kier molecular flexibility index (Phi) is 4.65. The van der Waals surface area contributed by atoms with Crippen LogP contribution >= 0.6 is 11.8 Å². The molecule has 0 radical (unpaired) electrons. The maximum Gasteiger partial charge on any atom is 0.313 e. The Bertz CT molecular complexity index is 450. The third-order valence-electron chi connectivity index (χ3n) is 3.37. The molecule has 0 spiro atoms. The van der Waals surface area contributed by atoms with E-state index in [2.05, 4.69) is 22.0 Å². The number of anilines is 1. The van der Waals surface area contributed by atoms with Gasteiger partial charge in [0.2, 0.25) is 5.95 Å². The predicted molar refractivity (Wildman–Crippen MR) is 73.1 cm³/mol. The molecule has 0 aromatic carbocycles. The van der Waals surface area contributed by atoms with E-state index < -0.39 is 5.97 Å². The van der Waals surface area contributed by atoms with Crippen molar-refractivity contribution in [3.8, 4) is 0 Å². The summed E-state index contributed by atoms with van der Waals surface area (Å²) in [5, 5.41) is 17.1. The number of likely N-dealkylation sites (tertiary alicyclic amines) is 1. The van der Waals surface area contributed by atoms with E-state index in [0.717, 1.165) is 37.8 Å². The molecular formula is C11H19N5O2S. The van der Waals surface area contributed by atoms with Gasteiger partial charge in [-0.05, 0) is 25.9 Å². The number of hydrogen-bond donors (Lipinski definition) is 2. The quantitative estimate of drug-likeness (QED) is 0.735. The van der Waals surface area contributed by atoms with Crippen LogP contribution in [0.2, 0.25) is 0 Å². The standard InChI is InChI=1S/C11H19N5O2S/c1-2-15-5-3-4-8(15)6-16-10(12)13-14-11(16)19-7-9(17)18/h8H,2-7H2,1H3,(H2,12,13)(H,17,18).